The Hall–Kier alpha value is -1.71. The van der Waals surface area contributed by atoms with Gasteiger partial charge in [-0.2, -0.15) is 5.10 Å². The summed E-state index contributed by atoms with van der Waals surface area (Å²) in [7, 11) is 1.84. The van der Waals surface area contributed by atoms with Crippen LogP contribution in [0.15, 0.2) is 24.5 Å². The Bertz CT molecular complexity index is 394. The lowest BCUT2D eigenvalue weighted by Crippen LogP contribution is -1.94. The Morgan fingerprint density at radius 3 is 3.17 bits per heavy atom. The molecule has 2 heterocycles. The van der Waals surface area contributed by atoms with Gasteiger partial charge < -0.3 is 5.32 Å². The fourth-order valence-electron chi connectivity index (χ4n) is 1.08. The quantitative estimate of drug-likeness (QED) is 0.677. The molecular formula is C8H8N4. The molecule has 4 heteroatoms. The zero-order valence-corrected chi connectivity index (χ0v) is 6.65. The Morgan fingerprint density at radius 2 is 2.33 bits per heavy atom. The number of anilines is 1. The van der Waals surface area contributed by atoms with Crippen molar-refractivity contribution in [3.8, 4) is 0 Å². The highest BCUT2D eigenvalue weighted by Gasteiger charge is 1.99. The molecule has 2 rings (SSSR count). The predicted octanol–water partition coefficient (Wildman–Crippen LogP) is 1.07. The average molecular weight is 160 g/mol. The summed E-state index contributed by atoms with van der Waals surface area (Å²) >= 11 is 0. The Kier molecular flexibility index (Phi) is 1.59. The van der Waals surface area contributed by atoms with Crippen molar-refractivity contribution >= 4 is 16.7 Å². The van der Waals surface area contributed by atoms with Crippen molar-refractivity contribution in [3.63, 3.8) is 0 Å². The van der Waals surface area contributed by atoms with Crippen molar-refractivity contribution < 1.29 is 0 Å². The molecule has 0 aliphatic carbocycles. The van der Waals surface area contributed by atoms with Gasteiger partial charge in [0, 0.05) is 13.2 Å². The van der Waals surface area contributed by atoms with Gasteiger partial charge in [0.25, 0.3) is 0 Å². The summed E-state index contributed by atoms with van der Waals surface area (Å²) in [6.07, 6.45) is 3.40. The molecule has 0 saturated carbocycles. The Labute approximate surface area is 69.7 Å². The summed E-state index contributed by atoms with van der Waals surface area (Å²) in [6.45, 7) is 0. The number of nitrogens with one attached hydrogen (secondary N) is 1. The molecular weight excluding hydrogens is 152 g/mol. The molecule has 0 saturated heterocycles. The molecule has 60 valence electrons. The number of aromatic nitrogens is 3. The van der Waals surface area contributed by atoms with Gasteiger partial charge in [0.05, 0.1) is 11.9 Å². The third-order valence-electron chi connectivity index (χ3n) is 1.66. The number of hydrogen-bond donors (Lipinski definition) is 1. The Morgan fingerprint density at radius 1 is 1.42 bits per heavy atom. The van der Waals surface area contributed by atoms with E-state index in [0.717, 1.165) is 16.7 Å². The SMILES string of the molecule is CNc1cnnc2cccnc12. The zero-order chi connectivity index (χ0) is 8.39. The van der Waals surface area contributed by atoms with Gasteiger partial charge in [0.2, 0.25) is 0 Å². The minimum atomic E-state index is 0.810. The van der Waals surface area contributed by atoms with Crippen LogP contribution in [0.25, 0.3) is 11.0 Å². The van der Waals surface area contributed by atoms with Crippen molar-refractivity contribution in [3.05, 3.63) is 24.5 Å². The van der Waals surface area contributed by atoms with Crippen LogP contribution in [0.4, 0.5) is 5.69 Å². The molecule has 0 atom stereocenters. The summed E-state index contributed by atoms with van der Waals surface area (Å²) in [5.41, 5.74) is 2.57. The van der Waals surface area contributed by atoms with Crippen molar-refractivity contribution in [1.29, 1.82) is 0 Å². The summed E-state index contributed by atoms with van der Waals surface area (Å²) in [4.78, 5) is 4.19. The topological polar surface area (TPSA) is 50.7 Å². The number of fused-ring (bicyclic) bond motifs is 1. The van der Waals surface area contributed by atoms with E-state index in [-0.39, 0.29) is 0 Å². The first kappa shape index (κ1) is 6.97. The predicted molar refractivity (Wildman–Crippen MR) is 46.9 cm³/mol. The second kappa shape index (κ2) is 2.73. The molecule has 0 spiro atoms. The van der Waals surface area contributed by atoms with Crippen LogP contribution >= 0.6 is 0 Å². The second-order valence-electron chi connectivity index (χ2n) is 2.38. The lowest BCUT2D eigenvalue weighted by Gasteiger charge is -2.00. The van der Waals surface area contributed by atoms with Gasteiger partial charge in [-0.15, -0.1) is 5.10 Å². The molecule has 0 aliphatic heterocycles. The maximum Gasteiger partial charge on any atom is 0.115 e. The van der Waals surface area contributed by atoms with Crippen LogP contribution in [-0.4, -0.2) is 22.2 Å². The molecule has 0 aliphatic rings. The number of pyridine rings is 1. The maximum atomic E-state index is 4.19. The van der Waals surface area contributed by atoms with Crippen LogP contribution in [0, 0.1) is 0 Å². The van der Waals surface area contributed by atoms with E-state index < -0.39 is 0 Å². The summed E-state index contributed by atoms with van der Waals surface area (Å²) in [6, 6.07) is 3.73. The van der Waals surface area contributed by atoms with E-state index >= 15 is 0 Å². The summed E-state index contributed by atoms with van der Waals surface area (Å²) in [5.74, 6) is 0. The van der Waals surface area contributed by atoms with E-state index in [0.29, 0.717) is 0 Å². The van der Waals surface area contributed by atoms with Gasteiger partial charge in [-0.05, 0) is 12.1 Å². The van der Waals surface area contributed by atoms with Crippen LogP contribution in [-0.2, 0) is 0 Å². The van der Waals surface area contributed by atoms with E-state index in [9.17, 15) is 0 Å². The minimum absolute atomic E-state index is 0.810. The molecule has 0 fully saturated rings. The Balaban J connectivity index is 2.79. The van der Waals surface area contributed by atoms with Crippen molar-refractivity contribution in [2.45, 2.75) is 0 Å². The van der Waals surface area contributed by atoms with Crippen molar-refractivity contribution in [2.75, 3.05) is 12.4 Å². The lowest BCUT2D eigenvalue weighted by molar-refractivity contribution is 1.07. The van der Waals surface area contributed by atoms with Crippen molar-refractivity contribution in [1.82, 2.24) is 15.2 Å². The molecule has 1 N–H and O–H groups in total. The minimum Gasteiger partial charge on any atom is -0.385 e. The van der Waals surface area contributed by atoms with E-state index in [1.165, 1.54) is 0 Å². The number of hydrogen-bond acceptors (Lipinski definition) is 4. The molecule has 12 heavy (non-hydrogen) atoms. The zero-order valence-electron chi connectivity index (χ0n) is 6.65. The number of nitrogens with zero attached hydrogens (tertiary/aromatic N) is 3. The van der Waals surface area contributed by atoms with Crippen LogP contribution in [0.5, 0.6) is 0 Å². The van der Waals surface area contributed by atoms with Crippen molar-refractivity contribution in [2.24, 2.45) is 0 Å². The number of rotatable bonds is 1. The van der Waals surface area contributed by atoms with Gasteiger partial charge in [0.1, 0.15) is 11.0 Å². The first-order chi connectivity index (χ1) is 5.92. The maximum absolute atomic E-state index is 4.19. The van der Waals surface area contributed by atoms with Gasteiger partial charge in [-0.1, -0.05) is 0 Å². The molecule has 0 bridgehead atoms. The standard InChI is InChI=1S/C8H8N4/c1-9-7-5-11-12-6-3-2-4-10-8(6)7/h2-5H,1H3,(H,9,12). The molecule has 2 aromatic rings. The largest absolute Gasteiger partial charge is 0.385 e. The first-order valence-electron chi connectivity index (χ1n) is 3.66. The first-order valence-corrected chi connectivity index (χ1v) is 3.66. The molecule has 0 unspecified atom stereocenters. The monoisotopic (exact) mass is 160 g/mol. The van der Waals surface area contributed by atoms with Crippen LogP contribution in [0.1, 0.15) is 0 Å². The lowest BCUT2D eigenvalue weighted by atomic mass is 10.3. The smallest absolute Gasteiger partial charge is 0.115 e. The van der Waals surface area contributed by atoms with Crippen LogP contribution in [0.2, 0.25) is 0 Å². The highest BCUT2D eigenvalue weighted by atomic mass is 15.1. The molecule has 0 aromatic carbocycles. The molecule has 0 radical (unpaired) electrons. The normalized spacial score (nSPS) is 10.1. The van der Waals surface area contributed by atoms with E-state index in [1.54, 1.807) is 12.4 Å². The van der Waals surface area contributed by atoms with E-state index in [2.05, 4.69) is 20.5 Å². The summed E-state index contributed by atoms with van der Waals surface area (Å²) in [5, 5.41) is 10.8. The van der Waals surface area contributed by atoms with Crippen LogP contribution in [0.3, 0.4) is 0 Å². The second-order valence-corrected chi connectivity index (χ2v) is 2.38. The van der Waals surface area contributed by atoms with Gasteiger partial charge in [-0.25, -0.2) is 0 Å². The summed E-state index contributed by atoms with van der Waals surface area (Å²) < 4.78 is 0. The van der Waals surface area contributed by atoms with E-state index in [4.69, 9.17) is 0 Å². The highest BCUT2D eigenvalue weighted by Crippen LogP contribution is 2.15. The molecule has 0 amide bonds. The fraction of sp³-hybridized carbons (Fsp3) is 0.125. The van der Waals surface area contributed by atoms with Gasteiger partial charge in [0.15, 0.2) is 0 Å². The third-order valence-corrected chi connectivity index (χ3v) is 1.66. The third kappa shape index (κ3) is 0.972. The average Bonchev–Trinajstić information content (AvgIpc) is 2.17. The van der Waals surface area contributed by atoms with Gasteiger partial charge >= 0.3 is 0 Å². The molecule has 4 nitrogen and oxygen atoms in total. The highest BCUT2D eigenvalue weighted by molar-refractivity contribution is 5.85. The van der Waals surface area contributed by atoms with Crippen LogP contribution < -0.4 is 5.32 Å². The fourth-order valence-corrected chi connectivity index (χ4v) is 1.08. The van der Waals surface area contributed by atoms with E-state index in [1.807, 2.05) is 19.2 Å². The van der Waals surface area contributed by atoms with Gasteiger partial charge in [-0.3, -0.25) is 4.98 Å². The molecule has 2 aromatic heterocycles.